The fraction of sp³-hybridized carbons (Fsp3) is 0.433. The molecule has 1 N–H and O–H groups in total. The highest BCUT2D eigenvalue weighted by molar-refractivity contribution is 5.77. The lowest BCUT2D eigenvalue weighted by atomic mass is 9.87. The Bertz CT molecular complexity index is 1230. The minimum Gasteiger partial charge on any atom is -0.493 e. The van der Waals surface area contributed by atoms with Gasteiger partial charge in [0.1, 0.15) is 12.0 Å². The fourth-order valence-corrected chi connectivity index (χ4v) is 5.48. The van der Waals surface area contributed by atoms with Crippen LogP contribution in [0, 0.1) is 5.92 Å². The van der Waals surface area contributed by atoms with Gasteiger partial charge in [-0.15, -0.1) is 0 Å². The molecule has 5 rings (SSSR count). The summed E-state index contributed by atoms with van der Waals surface area (Å²) < 4.78 is 11.8. The van der Waals surface area contributed by atoms with Crippen LogP contribution in [0.1, 0.15) is 67.3 Å². The third-order valence-corrected chi connectivity index (χ3v) is 7.52. The molecule has 1 aliphatic heterocycles. The van der Waals surface area contributed by atoms with Crippen molar-refractivity contribution in [2.24, 2.45) is 5.92 Å². The van der Waals surface area contributed by atoms with Crippen LogP contribution in [0.25, 0.3) is 11.5 Å². The second kappa shape index (κ2) is 11.6. The second-order valence-electron chi connectivity index (χ2n) is 10.1. The Morgan fingerprint density at radius 1 is 1.00 bits per heavy atom. The van der Waals surface area contributed by atoms with Gasteiger partial charge in [0.2, 0.25) is 11.8 Å². The molecule has 2 aliphatic rings. The maximum absolute atomic E-state index is 13.2. The van der Waals surface area contributed by atoms with E-state index in [1.54, 1.807) is 6.26 Å². The Kier molecular flexibility index (Phi) is 7.87. The van der Waals surface area contributed by atoms with Gasteiger partial charge in [0, 0.05) is 43.5 Å². The van der Waals surface area contributed by atoms with Crippen LogP contribution in [0.15, 0.2) is 53.1 Å². The monoisotopic (exact) mass is 502 g/mol. The van der Waals surface area contributed by atoms with Gasteiger partial charge in [-0.25, -0.2) is 4.98 Å². The largest absolute Gasteiger partial charge is 0.493 e. The predicted molar refractivity (Wildman–Crippen MR) is 139 cm³/mol. The normalized spacial score (nSPS) is 15.5. The molecule has 37 heavy (non-hydrogen) atoms. The Labute approximate surface area is 217 Å². The van der Waals surface area contributed by atoms with E-state index >= 15 is 0 Å². The number of amides is 1. The minimum absolute atomic E-state index is 0.0680. The van der Waals surface area contributed by atoms with E-state index in [4.69, 9.17) is 9.15 Å². The van der Waals surface area contributed by atoms with E-state index in [9.17, 15) is 14.7 Å². The van der Waals surface area contributed by atoms with Crippen molar-refractivity contribution < 1.29 is 23.8 Å². The molecule has 1 amide bonds. The third kappa shape index (κ3) is 6.21. The number of carbonyl (C=O) groups excluding carboxylic acids is 1. The van der Waals surface area contributed by atoms with Crippen molar-refractivity contribution in [3.63, 3.8) is 0 Å². The lowest BCUT2D eigenvalue weighted by molar-refractivity contribution is -0.137. The van der Waals surface area contributed by atoms with Crippen LogP contribution in [-0.2, 0) is 35.5 Å². The first-order valence-electron chi connectivity index (χ1n) is 13.3. The molecule has 3 aromatic rings. The quantitative estimate of drug-likeness (QED) is 0.377. The van der Waals surface area contributed by atoms with Gasteiger partial charge in [0.05, 0.1) is 12.3 Å². The number of rotatable bonds is 10. The highest BCUT2D eigenvalue weighted by atomic mass is 16.5. The summed E-state index contributed by atoms with van der Waals surface area (Å²) >= 11 is 0. The van der Waals surface area contributed by atoms with Crippen molar-refractivity contribution in [3.8, 4) is 17.2 Å². The number of hydrogen-bond acceptors (Lipinski definition) is 5. The first kappa shape index (κ1) is 25.1. The molecule has 7 heteroatoms. The number of fused-ring (bicyclic) bond motifs is 1. The number of nitrogens with zero attached hydrogens (tertiary/aromatic N) is 2. The molecule has 0 saturated heterocycles. The lowest BCUT2D eigenvalue weighted by Crippen LogP contribution is -2.28. The van der Waals surface area contributed by atoms with Crippen LogP contribution in [-0.4, -0.2) is 33.5 Å². The number of carbonyl (C=O) groups is 2. The third-order valence-electron chi connectivity index (χ3n) is 7.52. The van der Waals surface area contributed by atoms with Gasteiger partial charge in [-0.05, 0) is 54.5 Å². The van der Waals surface area contributed by atoms with Crippen molar-refractivity contribution in [2.75, 3.05) is 6.61 Å². The second-order valence-corrected chi connectivity index (χ2v) is 10.1. The molecule has 0 unspecified atom stereocenters. The summed E-state index contributed by atoms with van der Waals surface area (Å²) in [5, 5.41) is 9.20. The summed E-state index contributed by atoms with van der Waals surface area (Å²) in [6.45, 7) is 1.47. The molecule has 2 aromatic carbocycles. The number of oxazole rings is 1. The zero-order chi connectivity index (χ0) is 25.6. The predicted octanol–water partition coefficient (Wildman–Crippen LogP) is 5.79. The number of aliphatic carboxylic acids is 1. The van der Waals surface area contributed by atoms with Gasteiger partial charge in [0.25, 0.3) is 0 Å². The van der Waals surface area contributed by atoms with E-state index in [1.165, 1.54) is 19.3 Å². The topological polar surface area (TPSA) is 92.9 Å². The molecule has 7 nitrogen and oxygen atoms in total. The highest BCUT2D eigenvalue weighted by Gasteiger charge is 2.30. The molecule has 0 atom stereocenters. The molecule has 1 saturated carbocycles. The van der Waals surface area contributed by atoms with Crippen LogP contribution in [0.5, 0.6) is 5.75 Å². The molecule has 0 spiro atoms. The lowest BCUT2D eigenvalue weighted by Gasteiger charge is -2.24. The zero-order valence-electron chi connectivity index (χ0n) is 21.2. The minimum atomic E-state index is -0.820. The number of carboxylic acid groups (broad SMARTS) is 1. The molecule has 1 fully saturated rings. The Morgan fingerprint density at radius 2 is 1.78 bits per heavy atom. The van der Waals surface area contributed by atoms with Gasteiger partial charge in [-0.3, -0.25) is 9.59 Å². The summed E-state index contributed by atoms with van der Waals surface area (Å²) in [5.74, 6) is 1.20. The number of ether oxygens (including phenoxy) is 1. The number of aromatic nitrogens is 1. The van der Waals surface area contributed by atoms with E-state index in [0.29, 0.717) is 50.8 Å². The molecule has 1 aliphatic carbocycles. The smallest absolute Gasteiger partial charge is 0.303 e. The van der Waals surface area contributed by atoms with Gasteiger partial charge in [-0.1, -0.05) is 43.5 Å². The van der Waals surface area contributed by atoms with Crippen molar-refractivity contribution in [1.82, 2.24) is 9.88 Å². The zero-order valence-corrected chi connectivity index (χ0v) is 21.2. The first-order chi connectivity index (χ1) is 18.1. The molecule has 2 heterocycles. The van der Waals surface area contributed by atoms with Crippen LogP contribution < -0.4 is 4.74 Å². The molecule has 0 bridgehead atoms. The van der Waals surface area contributed by atoms with E-state index in [0.717, 1.165) is 46.5 Å². The maximum Gasteiger partial charge on any atom is 0.303 e. The highest BCUT2D eigenvalue weighted by Crippen LogP contribution is 2.36. The molecule has 1 aromatic heterocycles. The van der Waals surface area contributed by atoms with Gasteiger partial charge < -0.3 is 19.2 Å². The van der Waals surface area contributed by atoms with Crippen molar-refractivity contribution in [1.29, 1.82) is 0 Å². The van der Waals surface area contributed by atoms with Crippen molar-refractivity contribution in [2.45, 2.75) is 70.9 Å². The van der Waals surface area contributed by atoms with Gasteiger partial charge in [0.15, 0.2) is 0 Å². The van der Waals surface area contributed by atoms with E-state index in [2.05, 4.69) is 4.98 Å². The van der Waals surface area contributed by atoms with Crippen molar-refractivity contribution in [3.05, 3.63) is 71.1 Å². The maximum atomic E-state index is 13.2. The number of hydrogen-bond donors (Lipinski definition) is 1. The summed E-state index contributed by atoms with van der Waals surface area (Å²) in [6, 6.07) is 13.7. The average Bonchev–Trinajstić information content (AvgIpc) is 3.57. The van der Waals surface area contributed by atoms with E-state index < -0.39 is 5.97 Å². The van der Waals surface area contributed by atoms with Crippen LogP contribution in [0.2, 0.25) is 0 Å². The van der Waals surface area contributed by atoms with E-state index in [1.807, 2.05) is 47.4 Å². The van der Waals surface area contributed by atoms with Gasteiger partial charge in [-0.2, -0.15) is 0 Å². The van der Waals surface area contributed by atoms with Gasteiger partial charge >= 0.3 is 5.97 Å². The molecular weight excluding hydrogens is 468 g/mol. The summed E-state index contributed by atoms with van der Waals surface area (Å²) in [7, 11) is 0. The molecular formula is C30H34N2O5. The molecule has 194 valence electrons. The Hall–Kier alpha value is -3.61. The average molecular weight is 503 g/mol. The fourth-order valence-electron chi connectivity index (χ4n) is 5.48. The molecule has 0 radical (unpaired) electrons. The first-order valence-corrected chi connectivity index (χ1v) is 13.3. The summed E-state index contributed by atoms with van der Waals surface area (Å²) in [4.78, 5) is 30.9. The SMILES string of the molecule is O=C(O)CCc1ccc(OCCc2coc(-c3ccccc3)n2)c2c1CN(C(=O)CC1CCCCC1)C2. The Balaban J connectivity index is 1.25. The summed E-state index contributed by atoms with van der Waals surface area (Å²) in [5.41, 5.74) is 4.79. The Morgan fingerprint density at radius 3 is 2.57 bits per heavy atom. The number of benzene rings is 2. The number of carboxylic acids is 1. The van der Waals surface area contributed by atoms with Crippen LogP contribution >= 0.6 is 0 Å². The van der Waals surface area contributed by atoms with Crippen LogP contribution in [0.3, 0.4) is 0 Å². The summed E-state index contributed by atoms with van der Waals surface area (Å²) in [6.07, 6.45) is 9.36. The standard InChI is InChI=1S/C30H34N2O5/c33-28(17-21-7-3-1-4-8-21)32-18-25-22(12-14-29(34)35)11-13-27(26(25)19-32)36-16-15-24-20-37-30(31-24)23-9-5-2-6-10-23/h2,5-6,9-11,13,20-21H,1,3-4,7-8,12,14-19H2,(H,34,35). The number of aryl methyl sites for hydroxylation is 1. The van der Waals surface area contributed by atoms with Crippen molar-refractivity contribution >= 4 is 11.9 Å². The van der Waals surface area contributed by atoms with Crippen LogP contribution in [0.4, 0.5) is 0 Å². The van der Waals surface area contributed by atoms with E-state index in [-0.39, 0.29) is 12.3 Å².